The summed E-state index contributed by atoms with van der Waals surface area (Å²) in [6, 6.07) is 12.1. The van der Waals surface area contributed by atoms with Crippen molar-refractivity contribution in [2.75, 3.05) is 6.54 Å². The van der Waals surface area contributed by atoms with E-state index >= 15 is 0 Å². The van der Waals surface area contributed by atoms with Gasteiger partial charge < -0.3 is 5.32 Å². The van der Waals surface area contributed by atoms with Crippen molar-refractivity contribution in [2.45, 2.75) is 26.2 Å². The zero-order valence-electron chi connectivity index (χ0n) is 13.7. The molecule has 0 bridgehead atoms. The lowest BCUT2D eigenvalue weighted by Crippen LogP contribution is -2.24. The van der Waals surface area contributed by atoms with Crippen LogP contribution < -0.4 is 5.32 Å². The Hall–Kier alpha value is -2.41. The molecule has 2 heterocycles. The van der Waals surface area contributed by atoms with Crippen molar-refractivity contribution in [3.05, 3.63) is 54.5 Å². The van der Waals surface area contributed by atoms with E-state index in [4.69, 9.17) is 0 Å². The molecule has 6 nitrogen and oxygen atoms in total. The van der Waals surface area contributed by atoms with Crippen LogP contribution >= 0.6 is 13.5 Å². The highest BCUT2D eigenvalue weighted by atomic mass is 32.1. The number of para-hydroxylation sites is 1. The second kappa shape index (κ2) is 11.2. The predicted molar refractivity (Wildman–Crippen MR) is 100 cm³/mol. The van der Waals surface area contributed by atoms with Gasteiger partial charge in [-0.2, -0.15) is 13.5 Å². The summed E-state index contributed by atoms with van der Waals surface area (Å²) in [5.74, 6) is -0.162. The molecule has 3 aromatic rings. The van der Waals surface area contributed by atoms with E-state index in [1.807, 2.05) is 30.5 Å². The number of benzene rings is 1. The highest BCUT2D eigenvalue weighted by Gasteiger charge is 2.06. The molecule has 0 spiro atoms. The lowest BCUT2D eigenvalue weighted by molar-refractivity contribution is 0.0948. The lowest BCUT2D eigenvalue weighted by Gasteiger charge is -2.00. The van der Waals surface area contributed by atoms with Crippen molar-refractivity contribution in [2.24, 2.45) is 0 Å². The van der Waals surface area contributed by atoms with Crippen molar-refractivity contribution < 1.29 is 4.79 Å². The number of unbranched alkanes of at least 4 members (excludes halogenated alkanes) is 2. The van der Waals surface area contributed by atoms with Gasteiger partial charge in [-0.1, -0.05) is 49.2 Å². The number of pyridine rings is 1. The third-order valence-corrected chi connectivity index (χ3v) is 3.23. The van der Waals surface area contributed by atoms with Crippen molar-refractivity contribution in [3.8, 4) is 0 Å². The van der Waals surface area contributed by atoms with Crippen molar-refractivity contribution in [1.82, 2.24) is 25.7 Å². The number of rotatable bonds is 5. The molecule has 0 aliphatic rings. The van der Waals surface area contributed by atoms with Gasteiger partial charge in [0.25, 0.3) is 5.91 Å². The molecule has 0 saturated carbocycles. The van der Waals surface area contributed by atoms with E-state index in [9.17, 15) is 4.79 Å². The van der Waals surface area contributed by atoms with Gasteiger partial charge in [-0.3, -0.25) is 14.9 Å². The van der Waals surface area contributed by atoms with Crippen LogP contribution in [0.15, 0.2) is 48.8 Å². The van der Waals surface area contributed by atoms with Crippen LogP contribution in [0.4, 0.5) is 0 Å². The first-order valence-electron chi connectivity index (χ1n) is 7.75. The number of H-pyrrole nitrogens is 1. The van der Waals surface area contributed by atoms with Gasteiger partial charge in [0.1, 0.15) is 0 Å². The van der Waals surface area contributed by atoms with Crippen LogP contribution in [0.1, 0.15) is 36.7 Å². The van der Waals surface area contributed by atoms with Crippen molar-refractivity contribution in [3.63, 3.8) is 0 Å². The van der Waals surface area contributed by atoms with E-state index in [-0.39, 0.29) is 19.4 Å². The fourth-order valence-corrected chi connectivity index (χ4v) is 2.00. The van der Waals surface area contributed by atoms with Gasteiger partial charge in [0.05, 0.1) is 11.7 Å². The molecule has 7 heteroatoms. The number of carbonyl (C=O) groups is 1. The van der Waals surface area contributed by atoms with Gasteiger partial charge in [0, 0.05) is 18.1 Å². The zero-order valence-corrected chi connectivity index (χ0v) is 14.7. The molecule has 3 rings (SSSR count). The topological polar surface area (TPSA) is 83.6 Å². The summed E-state index contributed by atoms with van der Waals surface area (Å²) in [5.41, 5.74) is 1.40. The molecule has 0 aliphatic heterocycles. The molecule has 128 valence electrons. The first-order chi connectivity index (χ1) is 11.3. The molecule has 0 unspecified atom stereocenters. The SMILES string of the molecule is CCCCCNC(=O)c1c[nH]nn1.S.c1ccc2ncccc2c1. The molecule has 0 radical (unpaired) electrons. The number of hydrogen-bond donors (Lipinski definition) is 2. The first kappa shape index (κ1) is 19.6. The van der Waals surface area contributed by atoms with E-state index < -0.39 is 0 Å². The normalized spacial score (nSPS) is 9.54. The minimum Gasteiger partial charge on any atom is -0.351 e. The first-order valence-corrected chi connectivity index (χ1v) is 7.75. The fraction of sp³-hybridized carbons (Fsp3) is 0.294. The maximum Gasteiger partial charge on any atom is 0.273 e. The average Bonchev–Trinajstić information content (AvgIpc) is 3.14. The number of amides is 1. The summed E-state index contributed by atoms with van der Waals surface area (Å²) in [4.78, 5) is 15.4. The fourth-order valence-electron chi connectivity index (χ4n) is 2.00. The predicted octanol–water partition coefficient (Wildman–Crippen LogP) is 3.07. The molecule has 24 heavy (non-hydrogen) atoms. The summed E-state index contributed by atoms with van der Waals surface area (Å²) in [7, 11) is 0. The number of carbonyl (C=O) groups excluding carboxylic acids is 1. The van der Waals surface area contributed by atoms with Crippen molar-refractivity contribution in [1.29, 1.82) is 0 Å². The third-order valence-electron chi connectivity index (χ3n) is 3.23. The van der Waals surface area contributed by atoms with Gasteiger partial charge >= 0.3 is 0 Å². The summed E-state index contributed by atoms with van der Waals surface area (Å²) >= 11 is 0. The number of fused-ring (bicyclic) bond motifs is 1. The van der Waals surface area contributed by atoms with Crippen LogP contribution in [0.2, 0.25) is 0 Å². The van der Waals surface area contributed by atoms with Gasteiger partial charge in [-0.25, -0.2) is 0 Å². The largest absolute Gasteiger partial charge is 0.351 e. The van der Waals surface area contributed by atoms with E-state index in [1.54, 1.807) is 0 Å². The quantitative estimate of drug-likeness (QED) is 0.696. The van der Waals surface area contributed by atoms with Crippen LogP contribution in [-0.4, -0.2) is 32.8 Å². The minimum absolute atomic E-state index is 0. The van der Waals surface area contributed by atoms with Crippen LogP contribution in [0.25, 0.3) is 10.9 Å². The Morgan fingerprint density at radius 3 is 2.67 bits per heavy atom. The number of hydrogen-bond acceptors (Lipinski definition) is 4. The Balaban J connectivity index is 0.000000236. The second-order valence-corrected chi connectivity index (χ2v) is 5.02. The highest BCUT2D eigenvalue weighted by Crippen LogP contribution is 2.07. The van der Waals surface area contributed by atoms with E-state index in [2.05, 4.69) is 44.8 Å². The molecular formula is C17H23N5OS. The lowest BCUT2D eigenvalue weighted by atomic mass is 10.2. The van der Waals surface area contributed by atoms with Gasteiger partial charge in [0.15, 0.2) is 5.69 Å². The second-order valence-electron chi connectivity index (χ2n) is 5.02. The Morgan fingerprint density at radius 1 is 1.17 bits per heavy atom. The molecule has 0 aliphatic carbocycles. The maximum atomic E-state index is 11.2. The molecular weight excluding hydrogens is 322 g/mol. The molecule has 0 fully saturated rings. The number of aromatic amines is 1. The van der Waals surface area contributed by atoms with Crippen LogP contribution in [0, 0.1) is 0 Å². The van der Waals surface area contributed by atoms with Gasteiger partial charge in [-0.05, 0) is 18.6 Å². The minimum atomic E-state index is -0.162. The molecule has 1 amide bonds. The van der Waals surface area contributed by atoms with Gasteiger partial charge in [-0.15, -0.1) is 5.10 Å². The summed E-state index contributed by atoms with van der Waals surface area (Å²) in [6.45, 7) is 2.83. The Labute approximate surface area is 148 Å². The monoisotopic (exact) mass is 345 g/mol. The standard InChI is InChI=1S/C9H7N.C8H14N4O.H2S/c1-2-6-9-8(4-1)5-3-7-10-9;1-2-3-4-5-9-8(13)7-6-10-12-11-7;/h1-7H;6H,2-5H2,1H3,(H,9,13)(H,10,11,12);1H2. The number of nitrogens with zero attached hydrogens (tertiary/aromatic N) is 3. The number of nitrogens with one attached hydrogen (secondary N) is 2. The molecule has 1 aromatic carbocycles. The van der Waals surface area contributed by atoms with Crippen LogP contribution in [0.3, 0.4) is 0 Å². The molecule has 0 saturated heterocycles. The van der Waals surface area contributed by atoms with E-state index in [0.717, 1.165) is 24.8 Å². The average molecular weight is 345 g/mol. The summed E-state index contributed by atoms with van der Waals surface area (Å²) in [5, 5.41) is 13.5. The molecule has 2 N–H and O–H groups in total. The van der Waals surface area contributed by atoms with Crippen LogP contribution in [0.5, 0.6) is 0 Å². The summed E-state index contributed by atoms with van der Waals surface area (Å²) in [6.07, 6.45) is 6.59. The molecule has 0 atom stereocenters. The Morgan fingerprint density at radius 2 is 1.96 bits per heavy atom. The third kappa shape index (κ3) is 6.37. The Kier molecular flexibility index (Phi) is 9.14. The Bertz CT molecular complexity index is 652. The van der Waals surface area contributed by atoms with Gasteiger partial charge in [0.2, 0.25) is 0 Å². The molecule has 2 aromatic heterocycles. The van der Waals surface area contributed by atoms with Crippen LogP contribution in [-0.2, 0) is 0 Å². The summed E-state index contributed by atoms with van der Waals surface area (Å²) < 4.78 is 0. The highest BCUT2D eigenvalue weighted by molar-refractivity contribution is 7.59. The zero-order chi connectivity index (χ0) is 16.3. The van der Waals surface area contributed by atoms with E-state index in [0.29, 0.717) is 12.2 Å². The smallest absolute Gasteiger partial charge is 0.273 e. The number of aromatic nitrogens is 4. The van der Waals surface area contributed by atoms with Crippen molar-refractivity contribution >= 4 is 30.3 Å². The van der Waals surface area contributed by atoms with E-state index in [1.165, 1.54) is 11.6 Å². The maximum absolute atomic E-state index is 11.2.